The first kappa shape index (κ1) is 16.6. The first-order valence-electron chi connectivity index (χ1n) is 8.42. The number of nitrogens with zero attached hydrogens (tertiary/aromatic N) is 5. The van der Waals surface area contributed by atoms with Crippen LogP contribution in [0.15, 0.2) is 30.6 Å². The number of nitrogens with one attached hydrogen (secondary N) is 1. The highest BCUT2D eigenvalue weighted by atomic mass is 16.5. The summed E-state index contributed by atoms with van der Waals surface area (Å²) in [7, 11) is 1.68. The molecule has 7 nitrogen and oxygen atoms in total. The molecule has 1 fully saturated rings. The number of piperidine rings is 1. The summed E-state index contributed by atoms with van der Waals surface area (Å²) in [6.45, 7) is 3.39. The van der Waals surface area contributed by atoms with Crippen LogP contribution in [-0.4, -0.2) is 53.5 Å². The molecule has 0 radical (unpaired) electrons. The van der Waals surface area contributed by atoms with Crippen LogP contribution in [0.4, 0.5) is 11.8 Å². The van der Waals surface area contributed by atoms with E-state index in [-0.39, 0.29) is 0 Å². The maximum atomic E-state index is 5.01. The van der Waals surface area contributed by atoms with Gasteiger partial charge in [-0.3, -0.25) is 0 Å². The standard InChI is InChI=1S/C17H24N6O/c1-24-11-9-18-16-6-5-15(21-22-16)12-14-4-2-10-23(13-14)17-19-7-3-8-20-17/h3,5-8,14H,2,4,9-13H2,1H3,(H,18,22)/t14-/m1/s1. The fourth-order valence-corrected chi connectivity index (χ4v) is 3.01. The van der Waals surface area contributed by atoms with Gasteiger partial charge in [-0.25, -0.2) is 9.97 Å². The van der Waals surface area contributed by atoms with Gasteiger partial charge in [-0.2, -0.15) is 5.10 Å². The fourth-order valence-electron chi connectivity index (χ4n) is 3.01. The zero-order valence-corrected chi connectivity index (χ0v) is 14.1. The third-order valence-corrected chi connectivity index (χ3v) is 4.18. The minimum Gasteiger partial charge on any atom is -0.383 e. The molecule has 2 aromatic rings. The topological polar surface area (TPSA) is 76.1 Å². The van der Waals surface area contributed by atoms with Gasteiger partial charge in [0.1, 0.15) is 5.82 Å². The molecule has 1 saturated heterocycles. The molecule has 0 saturated carbocycles. The van der Waals surface area contributed by atoms with Crippen LogP contribution in [0, 0.1) is 5.92 Å². The Morgan fingerprint density at radius 2 is 2.12 bits per heavy atom. The first-order chi connectivity index (χ1) is 11.8. The van der Waals surface area contributed by atoms with Gasteiger partial charge >= 0.3 is 0 Å². The Morgan fingerprint density at radius 1 is 1.25 bits per heavy atom. The van der Waals surface area contributed by atoms with Crippen molar-refractivity contribution in [1.29, 1.82) is 0 Å². The Morgan fingerprint density at radius 3 is 2.88 bits per heavy atom. The van der Waals surface area contributed by atoms with Crippen molar-refractivity contribution in [3.05, 3.63) is 36.3 Å². The molecule has 0 unspecified atom stereocenters. The van der Waals surface area contributed by atoms with Gasteiger partial charge < -0.3 is 15.0 Å². The normalized spacial score (nSPS) is 17.7. The quantitative estimate of drug-likeness (QED) is 0.776. The molecular weight excluding hydrogens is 304 g/mol. The Bertz CT molecular complexity index is 606. The number of ether oxygens (including phenoxy) is 1. The summed E-state index contributed by atoms with van der Waals surface area (Å²) in [6.07, 6.45) is 6.90. The van der Waals surface area contributed by atoms with Crippen LogP contribution in [0.3, 0.4) is 0 Å². The molecule has 128 valence electrons. The van der Waals surface area contributed by atoms with E-state index in [1.165, 1.54) is 6.42 Å². The molecule has 2 aromatic heterocycles. The number of anilines is 2. The van der Waals surface area contributed by atoms with Crippen LogP contribution in [0.5, 0.6) is 0 Å². The van der Waals surface area contributed by atoms with Crippen LogP contribution < -0.4 is 10.2 Å². The Labute approximate surface area is 142 Å². The van der Waals surface area contributed by atoms with Gasteiger partial charge in [0.2, 0.25) is 5.95 Å². The van der Waals surface area contributed by atoms with Gasteiger partial charge in [0, 0.05) is 39.1 Å². The van der Waals surface area contributed by atoms with Crippen molar-refractivity contribution in [2.75, 3.05) is 43.6 Å². The number of hydrogen-bond donors (Lipinski definition) is 1. The van der Waals surface area contributed by atoms with E-state index < -0.39 is 0 Å². The van der Waals surface area contributed by atoms with E-state index in [2.05, 4.69) is 36.4 Å². The van der Waals surface area contributed by atoms with Gasteiger partial charge in [0.05, 0.1) is 12.3 Å². The minimum atomic E-state index is 0.559. The summed E-state index contributed by atoms with van der Waals surface area (Å²) < 4.78 is 5.01. The van der Waals surface area contributed by atoms with Crippen molar-refractivity contribution in [2.45, 2.75) is 19.3 Å². The molecule has 0 aromatic carbocycles. The third kappa shape index (κ3) is 4.61. The second kappa shape index (κ2) is 8.54. The predicted octanol–water partition coefficient (Wildman–Crippen LogP) is 1.78. The Hall–Kier alpha value is -2.28. The SMILES string of the molecule is COCCNc1ccc(C[C@H]2CCCN(c3ncccn3)C2)nn1. The molecule has 3 rings (SSSR count). The lowest BCUT2D eigenvalue weighted by molar-refractivity contribution is 0.210. The van der Waals surface area contributed by atoms with Crippen molar-refractivity contribution >= 4 is 11.8 Å². The van der Waals surface area contributed by atoms with Crippen molar-refractivity contribution < 1.29 is 4.74 Å². The van der Waals surface area contributed by atoms with Gasteiger partial charge in [-0.05, 0) is 43.4 Å². The van der Waals surface area contributed by atoms with Crippen molar-refractivity contribution in [1.82, 2.24) is 20.2 Å². The highest BCUT2D eigenvalue weighted by Gasteiger charge is 2.22. The molecule has 0 aliphatic carbocycles. The molecule has 0 spiro atoms. The van der Waals surface area contributed by atoms with Gasteiger partial charge in [0.15, 0.2) is 0 Å². The predicted molar refractivity (Wildman–Crippen MR) is 93.1 cm³/mol. The van der Waals surface area contributed by atoms with Crippen molar-refractivity contribution in [3.63, 3.8) is 0 Å². The zero-order chi connectivity index (χ0) is 16.6. The Kier molecular flexibility index (Phi) is 5.90. The van der Waals surface area contributed by atoms with Crippen LogP contribution in [-0.2, 0) is 11.2 Å². The minimum absolute atomic E-state index is 0.559. The monoisotopic (exact) mass is 328 g/mol. The summed E-state index contributed by atoms with van der Waals surface area (Å²) in [5, 5.41) is 11.8. The zero-order valence-electron chi connectivity index (χ0n) is 14.1. The molecule has 1 aliphatic heterocycles. The molecule has 3 heterocycles. The summed E-state index contributed by atoms with van der Waals surface area (Å²) in [4.78, 5) is 11.0. The number of rotatable bonds is 7. The second-order valence-corrected chi connectivity index (χ2v) is 6.04. The largest absolute Gasteiger partial charge is 0.383 e. The van der Waals surface area contributed by atoms with E-state index in [4.69, 9.17) is 4.74 Å². The van der Waals surface area contributed by atoms with E-state index in [0.29, 0.717) is 12.5 Å². The summed E-state index contributed by atoms with van der Waals surface area (Å²) >= 11 is 0. The summed E-state index contributed by atoms with van der Waals surface area (Å²) in [5.74, 6) is 2.17. The van der Waals surface area contributed by atoms with Crippen LogP contribution in [0.2, 0.25) is 0 Å². The summed E-state index contributed by atoms with van der Waals surface area (Å²) in [6, 6.07) is 5.89. The lowest BCUT2D eigenvalue weighted by Crippen LogP contribution is -2.37. The number of aromatic nitrogens is 4. The highest BCUT2D eigenvalue weighted by Crippen LogP contribution is 2.22. The lowest BCUT2D eigenvalue weighted by Gasteiger charge is -2.32. The number of methoxy groups -OCH3 is 1. The maximum absolute atomic E-state index is 5.01. The summed E-state index contributed by atoms with van der Waals surface area (Å²) in [5.41, 5.74) is 1.04. The van der Waals surface area contributed by atoms with Crippen LogP contribution in [0.25, 0.3) is 0 Å². The van der Waals surface area contributed by atoms with Crippen molar-refractivity contribution in [2.24, 2.45) is 5.92 Å². The molecule has 1 N–H and O–H groups in total. The molecular formula is C17H24N6O. The average molecular weight is 328 g/mol. The molecule has 0 amide bonds. The van der Waals surface area contributed by atoms with E-state index in [1.807, 2.05) is 12.1 Å². The molecule has 1 aliphatic rings. The lowest BCUT2D eigenvalue weighted by atomic mass is 9.93. The Balaban J connectivity index is 1.53. The van der Waals surface area contributed by atoms with Gasteiger partial charge in [-0.15, -0.1) is 5.10 Å². The van der Waals surface area contributed by atoms with E-state index in [9.17, 15) is 0 Å². The van der Waals surface area contributed by atoms with Crippen LogP contribution >= 0.6 is 0 Å². The van der Waals surface area contributed by atoms with Gasteiger partial charge in [0.25, 0.3) is 0 Å². The highest BCUT2D eigenvalue weighted by molar-refractivity contribution is 5.33. The first-order valence-corrected chi connectivity index (χ1v) is 8.42. The molecule has 1 atom stereocenters. The van der Waals surface area contributed by atoms with Gasteiger partial charge in [-0.1, -0.05) is 0 Å². The second-order valence-electron chi connectivity index (χ2n) is 6.04. The van der Waals surface area contributed by atoms with E-state index in [1.54, 1.807) is 19.5 Å². The average Bonchev–Trinajstić information content (AvgIpc) is 2.64. The maximum Gasteiger partial charge on any atom is 0.225 e. The molecule has 7 heteroatoms. The molecule has 0 bridgehead atoms. The van der Waals surface area contributed by atoms with E-state index in [0.717, 1.165) is 49.9 Å². The molecule has 24 heavy (non-hydrogen) atoms. The fraction of sp³-hybridized carbons (Fsp3) is 0.529. The number of hydrogen-bond acceptors (Lipinski definition) is 7. The van der Waals surface area contributed by atoms with E-state index >= 15 is 0 Å². The van der Waals surface area contributed by atoms with Crippen LogP contribution in [0.1, 0.15) is 18.5 Å². The van der Waals surface area contributed by atoms with Crippen molar-refractivity contribution in [3.8, 4) is 0 Å². The third-order valence-electron chi connectivity index (χ3n) is 4.18. The smallest absolute Gasteiger partial charge is 0.225 e.